The molecule has 1 aromatic heterocycles. The summed E-state index contributed by atoms with van der Waals surface area (Å²) in [6.45, 7) is 6.08. The molecule has 92 valence electrons. The fourth-order valence-electron chi connectivity index (χ4n) is 2.03. The Morgan fingerprint density at radius 3 is 2.94 bits per heavy atom. The van der Waals surface area contributed by atoms with Crippen molar-refractivity contribution in [2.45, 2.75) is 19.4 Å². The molecule has 0 unspecified atom stereocenters. The minimum absolute atomic E-state index is 0.103. The number of hydrogen-bond acceptors (Lipinski definition) is 3. The topological polar surface area (TPSA) is 45.2 Å². The minimum Gasteiger partial charge on any atom is -0.335 e. The summed E-state index contributed by atoms with van der Waals surface area (Å²) < 4.78 is 13.0. The summed E-state index contributed by atoms with van der Waals surface area (Å²) in [7, 11) is 0. The van der Waals surface area contributed by atoms with Crippen LogP contribution >= 0.6 is 0 Å². The number of nitrogens with one attached hydrogen (secondary N) is 1. The van der Waals surface area contributed by atoms with Crippen molar-refractivity contribution in [1.82, 2.24) is 15.2 Å². The van der Waals surface area contributed by atoms with Gasteiger partial charge < -0.3 is 10.2 Å². The Morgan fingerprint density at radius 2 is 2.29 bits per heavy atom. The molecular formula is C12H16FN3O. The maximum absolute atomic E-state index is 13.0. The van der Waals surface area contributed by atoms with Crippen molar-refractivity contribution >= 4 is 5.91 Å². The van der Waals surface area contributed by atoms with Crippen molar-refractivity contribution in [2.75, 3.05) is 19.6 Å². The summed E-state index contributed by atoms with van der Waals surface area (Å²) in [4.78, 5) is 17.6. The van der Waals surface area contributed by atoms with Crippen LogP contribution in [0.2, 0.25) is 0 Å². The van der Waals surface area contributed by atoms with Crippen LogP contribution in [0.4, 0.5) is 4.39 Å². The van der Waals surface area contributed by atoms with Crippen molar-refractivity contribution in [1.29, 1.82) is 0 Å². The van der Waals surface area contributed by atoms with Gasteiger partial charge in [-0.1, -0.05) is 0 Å². The van der Waals surface area contributed by atoms with Gasteiger partial charge in [0, 0.05) is 31.4 Å². The number of piperazine rings is 1. The molecule has 2 heterocycles. The second-order valence-corrected chi connectivity index (χ2v) is 4.93. The Morgan fingerprint density at radius 1 is 1.53 bits per heavy atom. The SMILES string of the molecule is CC1(C)CN(C(=O)c2cncc(F)c2)CCN1. The van der Waals surface area contributed by atoms with E-state index in [4.69, 9.17) is 0 Å². The van der Waals surface area contributed by atoms with Crippen molar-refractivity contribution < 1.29 is 9.18 Å². The van der Waals surface area contributed by atoms with Gasteiger partial charge in [-0.15, -0.1) is 0 Å². The second kappa shape index (κ2) is 4.41. The zero-order valence-corrected chi connectivity index (χ0v) is 10.0. The van der Waals surface area contributed by atoms with Gasteiger partial charge in [0.1, 0.15) is 5.82 Å². The predicted octanol–water partition coefficient (Wildman–Crippen LogP) is 1.04. The smallest absolute Gasteiger partial charge is 0.255 e. The molecule has 1 aromatic rings. The number of carbonyl (C=O) groups is 1. The van der Waals surface area contributed by atoms with Crippen LogP contribution in [0.5, 0.6) is 0 Å². The first-order valence-electron chi connectivity index (χ1n) is 5.63. The third-order valence-corrected chi connectivity index (χ3v) is 2.81. The summed E-state index contributed by atoms with van der Waals surface area (Å²) in [5, 5.41) is 3.32. The lowest BCUT2D eigenvalue weighted by Crippen LogP contribution is -2.58. The average molecular weight is 237 g/mol. The van der Waals surface area contributed by atoms with E-state index >= 15 is 0 Å². The number of pyridine rings is 1. The molecule has 1 amide bonds. The largest absolute Gasteiger partial charge is 0.335 e. The first-order valence-corrected chi connectivity index (χ1v) is 5.63. The number of rotatable bonds is 1. The lowest BCUT2D eigenvalue weighted by atomic mass is 10.0. The third kappa shape index (κ3) is 2.79. The third-order valence-electron chi connectivity index (χ3n) is 2.81. The van der Waals surface area contributed by atoms with Gasteiger partial charge in [-0.25, -0.2) is 4.39 Å². The number of hydrogen-bond donors (Lipinski definition) is 1. The van der Waals surface area contributed by atoms with Crippen LogP contribution in [0.3, 0.4) is 0 Å². The number of amides is 1. The van der Waals surface area contributed by atoms with Gasteiger partial charge in [0.2, 0.25) is 0 Å². The molecule has 17 heavy (non-hydrogen) atoms. The molecule has 1 aliphatic heterocycles. The van der Waals surface area contributed by atoms with E-state index in [-0.39, 0.29) is 11.4 Å². The van der Waals surface area contributed by atoms with Gasteiger partial charge in [-0.05, 0) is 19.9 Å². The molecule has 0 bridgehead atoms. The lowest BCUT2D eigenvalue weighted by molar-refractivity contribution is 0.0651. The first kappa shape index (κ1) is 12.0. The summed E-state index contributed by atoms with van der Waals surface area (Å²) in [5.74, 6) is -0.642. The molecule has 1 N–H and O–H groups in total. The maximum atomic E-state index is 13.0. The van der Waals surface area contributed by atoms with Crippen LogP contribution in [0.1, 0.15) is 24.2 Å². The molecule has 1 saturated heterocycles. The molecule has 0 saturated carbocycles. The van der Waals surface area contributed by atoms with E-state index in [1.54, 1.807) is 4.90 Å². The fraction of sp³-hybridized carbons (Fsp3) is 0.500. The molecule has 2 rings (SSSR count). The number of aromatic nitrogens is 1. The van der Waals surface area contributed by atoms with Crippen molar-refractivity contribution in [2.24, 2.45) is 0 Å². The van der Waals surface area contributed by atoms with E-state index < -0.39 is 5.82 Å². The second-order valence-electron chi connectivity index (χ2n) is 4.93. The van der Waals surface area contributed by atoms with Crippen LogP contribution < -0.4 is 5.32 Å². The van der Waals surface area contributed by atoms with Crippen LogP contribution in [-0.2, 0) is 0 Å². The highest BCUT2D eigenvalue weighted by atomic mass is 19.1. The molecule has 0 aromatic carbocycles. The van der Waals surface area contributed by atoms with E-state index in [2.05, 4.69) is 10.3 Å². The Labute approximate surface area is 99.8 Å². The van der Waals surface area contributed by atoms with E-state index in [0.29, 0.717) is 18.7 Å². The highest BCUT2D eigenvalue weighted by Gasteiger charge is 2.29. The van der Waals surface area contributed by atoms with Crippen molar-refractivity contribution in [3.05, 3.63) is 29.8 Å². The van der Waals surface area contributed by atoms with Gasteiger partial charge in [-0.3, -0.25) is 9.78 Å². The van der Waals surface area contributed by atoms with Gasteiger partial charge in [0.25, 0.3) is 5.91 Å². The summed E-state index contributed by atoms with van der Waals surface area (Å²) in [5.41, 5.74) is 0.206. The maximum Gasteiger partial charge on any atom is 0.255 e. The molecule has 5 heteroatoms. The van der Waals surface area contributed by atoms with Gasteiger partial charge >= 0.3 is 0 Å². The normalized spacial score (nSPS) is 19.1. The molecule has 0 aliphatic carbocycles. The molecular weight excluding hydrogens is 221 g/mol. The molecule has 4 nitrogen and oxygen atoms in total. The average Bonchev–Trinajstić information content (AvgIpc) is 2.26. The number of halogens is 1. The van der Waals surface area contributed by atoms with E-state index in [9.17, 15) is 9.18 Å². The Bertz CT molecular complexity index is 434. The quantitative estimate of drug-likeness (QED) is 0.794. The summed E-state index contributed by atoms with van der Waals surface area (Å²) >= 11 is 0. The predicted molar refractivity (Wildman–Crippen MR) is 62.2 cm³/mol. The Hall–Kier alpha value is -1.49. The molecule has 0 atom stereocenters. The lowest BCUT2D eigenvalue weighted by Gasteiger charge is -2.39. The monoisotopic (exact) mass is 237 g/mol. The van der Waals surface area contributed by atoms with Gasteiger partial charge in [0.15, 0.2) is 0 Å². The Kier molecular flexibility index (Phi) is 3.11. The summed E-state index contributed by atoms with van der Waals surface area (Å²) in [6, 6.07) is 1.23. The first-order chi connectivity index (χ1) is 7.98. The highest BCUT2D eigenvalue weighted by Crippen LogP contribution is 2.13. The molecule has 1 aliphatic rings. The van der Waals surface area contributed by atoms with Gasteiger partial charge in [-0.2, -0.15) is 0 Å². The Balaban J connectivity index is 2.15. The van der Waals surface area contributed by atoms with Crippen molar-refractivity contribution in [3.63, 3.8) is 0 Å². The van der Waals surface area contributed by atoms with Crippen LogP contribution in [-0.4, -0.2) is 41.0 Å². The van der Waals surface area contributed by atoms with Crippen LogP contribution in [0.25, 0.3) is 0 Å². The zero-order valence-electron chi connectivity index (χ0n) is 10.0. The minimum atomic E-state index is -0.481. The van der Waals surface area contributed by atoms with Crippen LogP contribution in [0, 0.1) is 5.82 Å². The van der Waals surface area contributed by atoms with E-state index in [1.807, 2.05) is 13.8 Å². The molecule has 1 fully saturated rings. The zero-order chi connectivity index (χ0) is 12.5. The number of carbonyl (C=O) groups excluding carboxylic acids is 1. The number of nitrogens with zero attached hydrogens (tertiary/aromatic N) is 2. The highest BCUT2D eigenvalue weighted by molar-refractivity contribution is 5.94. The standard InChI is InChI=1S/C12H16FN3O/c1-12(2)8-16(4-3-15-12)11(17)9-5-10(13)7-14-6-9/h5-7,15H,3-4,8H2,1-2H3. The molecule has 0 radical (unpaired) electrons. The summed E-state index contributed by atoms with van der Waals surface area (Å²) in [6.07, 6.45) is 2.50. The van der Waals surface area contributed by atoms with E-state index in [0.717, 1.165) is 12.7 Å². The van der Waals surface area contributed by atoms with Gasteiger partial charge in [0.05, 0.1) is 11.8 Å². The van der Waals surface area contributed by atoms with E-state index in [1.165, 1.54) is 12.3 Å². The van der Waals surface area contributed by atoms with Crippen LogP contribution in [0.15, 0.2) is 18.5 Å². The molecule has 0 spiro atoms. The fourth-order valence-corrected chi connectivity index (χ4v) is 2.03. The van der Waals surface area contributed by atoms with Crippen molar-refractivity contribution in [3.8, 4) is 0 Å².